The van der Waals surface area contributed by atoms with Gasteiger partial charge in [0, 0.05) is 44.2 Å². The van der Waals surface area contributed by atoms with Gasteiger partial charge >= 0.3 is 0 Å². The van der Waals surface area contributed by atoms with Gasteiger partial charge in [0.25, 0.3) is 0 Å². The molecule has 1 amide bonds. The van der Waals surface area contributed by atoms with Crippen LogP contribution in [-0.2, 0) is 26.8 Å². The molecule has 0 bridgehead atoms. The van der Waals surface area contributed by atoms with E-state index in [1.54, 1.807) is 37.4 Å². The lowest BCUT2D eigenvalue weighted by Crippen LogP contribution is -2.43. The molecule has 0 radical (unpaired) electrons. The van der Waals surface area contributed by atoms with E-state index in [1.165, 1.54) is 27.4 Å². The predicted molar refractivity (Wildman–Crippen MR) is 156 cm³/mol. The summed E-state index contributed by atoms with van der Waals surface area (Å²) in [6.45, 7) is 6.84. The van der Waals surface area contributed by atoms with Crippen LogP contribution >= 0.6 is 23.2 Å². The van der Waals surface area contributed by atoms with Gasteiger partial charge in [-0.1, -0.05) is 56.1 Å². The molecule has 0 aromatic heterocycles. The number of piperidine rings is 1. The number of ether oxygens (including phenoxy) is 1. The minimum absolute atomic E-state index is 0.0744. The maximum atomic E-state index is 14.1. The number of carbonyl (C=O) groups is 1. The Labute approximate surface area is 245 Å². The molecule has 1 heterocycles. The highest BCUT2D eigenvalue weighted by Gasteiger charge is 2.33. The summed E-state index contributed by atoms with van der Waals surface area (Å²) in [5.41, 5.74) is 1.47. The minimum atomic E-state index is -3.66. The van der Waals surface area contributed by atoms with Crippen molar-refractivity contribution in [3.05, 3.63) is 87.7 Å². The molecule has 214 valence electrons. The fourth-order valence-electron chi connectivity index (χ4n) is 4.70. The van der Waals surface area contributed by atoms with E-state index in [2.05, 4.69) is 20.8 Å². The molecule has 3 aromatic rings. The van der Waals surface area contributed by atoms with Crippen molar-refractivity contribution in [2.24, 2.45) is 5.92 Å². The Bertz CT molecular complexity index is 1480. The fraction of sp³-hybridized carbons (Fsp3) is 0.367. The maximum Gasteiger partial charge on any atom is 0.243 e. The van der Waals surface area contributed by atoms with Gasteiger partial charge in [-0.05, 0) is 66.3 Å². The summed E-state index contributed by atoms with van der Waals surface area (Å²) >= 11 is 12.1. The average Bonchev–Trinajstić information content (AvgIpc) is 2.91. The summed E-state index contributed by atoms with van der Waals surface area (Å²) in [5, 5.41) is 0.710. The van der Waals surface area contributed by atoms with Crippen LogP contribution < -0.4 is 4.74 Å². The van der Waals surface area contributed by atoms with Gasteiger partial charge in [-0.25, -0.2) is 12.8 Å². The lowest BCUT2D eigenvalue weighted by Gasteiger charge is -2.32. The van der Waals surface area contributed by atoms with E-state index in [4.69, 9.17) is 27.9 Å². The van der Waals surface area contributed by atoms with Crippen molar-refractivity contribution in [2.45, 2.75) is 50.5 Å². The summed E-state index contributed by atoms with van der Waals surface area (Å²) in [6.07, 6.45) is 0.802. The lowest BCUT2D eigenvalue weighted by molar-refractivity contribution is -0.135. The van der Waals surface area contributed by atoms with Gasteiger partial charge in [-0.15, -0.1) is 0 Å². The fourth-order valence-corrected chi connectivity index (χ4v) is 6.46. The summed E-state index contributed by atoms with van der Waals surface area (Å²) < 4.78 is 47.9. The normalized spacial score (nSPS) is 15.2. The number of hydrogen-bond donors (Lipinski definition) is 0. The molecule has 0 unspecified atom stereocenters. The molecular formula is C30H33Cl2FN2O4S. The molecule has 1 fully saturated rings. The zero-order valence-electron chi connectivity index (χ0n) is 23.0. The molecule has 1 aliphatic rings. The van der Waals surface area contributed by atoms with Crippen molar-refractivity contribution < 1.29 is 22.3 Å². The van der Waals surface area contributed by atoms with Crippen molar-refractivity contribution in [3.63, 3.8) is 0 Å². The Hall–Kier alpha value is -2.65. The largest absolute Gasteiger partial charge is 0.457 e. The summed E-state index contributed by atoms with van der Waals surface area (Å²) in [7, 11) is -2.01. The number of carbonyl (C=O) groups excluding carboxylic acids is 1. The number of rotatable bonds is 7. The van der Waals surface area contributed by atoms with Crippen molar-refractivity contribution in [1.29, 1.82) is 0 Å². The first-order valence-corrected chi connectivity index (χ1v) is 15.2. The molecule has 1 saturated heterocycles. The van der Waals surface area contributed by atoms with Crippen molar-refractivity contribution >= 4 is 39.1 Å². The van der Waals surface area contributed by atoms with Crippen molar-refractivity contribution in [3.8, 4) is 11.5 Å². The smallest absolute Gasteiger partial charge is 0.243 e. The van der Waals surface area contributed by atoms with Gasteiger partial charge < -0.3 is 9.64 Å². The zero-order chi connectivity index (χ0) is 29.2. The molecule has 10 heteroatoms. The molecule has 0 spiro atoms. The molecule has 40 heavy (non-hydrogen) atoms. The maximum absolute atomic E-state index is 14.1. The van der Waals surface area contributed by atoms with Crippen LogP contribution in [0.2, 0.25) is 10.0 Å². The van der Waals surface area contributed by atoms with E-state index in [-0.39, 0.29) is 41.8 Å². The zero-order valence-corrected chi connectivity index (χ0v) is 25.3. The quantitative estimate of drug-likeness (QED) is 0.283. The number of nitrogens with zero attached hydrogens (tertiary/aromatic N) is 2. The van der Waals surface area contributed by atoms with Crippen LogP contribution in [0.4, 0.5) is 4.39 Å². The second-order valence-electron chi connectivity index (χ2n) is 11.1. The van der Waals surface area contributed by atoms with Crippen LogP contribution in [0.15, 0.2) is 65.6 Å². The minimum Gasteiger partial charge on any atom is -0.457 e. The number of halogens is 3. The molecule has 6 nitrogen and oxygen atoms in total. The Morgan fingerprint density at radius 2 is 1.65 bits per heavy atom. The van der Waals surface area contributed by atoms with Gasteiger partial charge in [0.15, 0.2) is 0 Å². The summed E-state index contributed by atoms with van der Waals surface area (Å²) in [4.78, 5) is 15.1. The first-order valence-electron chi connectivity index (χ1n) is 13.0. The van der Waals surface area contributed by atoms with E-state index in [9.17, 15) is 17.6 Å². The molecular weight excluding hydrogens is 574 g/mol. The highest BCUT2D eigenvalue weighted by atomic mass is 35.5. The van der Waals surface area contributed by atoms with Gasteiger partial charge in [0.1, 0.15) is 17.3 Å². The van der Waals surface area contributed by atoms with Gasteiger partial charge in [0.2, 0.25) is 15.9 Å². The van der Waals surface area contributed by atoms with Gasteiger partial charge in [-0.2, -0.15) is 4.31 Å². The van der Waals surface area contributed by atoms with E-state index in [0.717, 1.165) is 5.56 Å². The van der Waals surface area contributed by atoms with Gasteiger partial charge in [-0.3, -0.25) is 4.79 Å². The second-order valence-corrected chi connectivity index (χ2v) is 13.8. The van der Waals surface area contributed by atoms with E-state index < -0.39 is 15.8 Å². The van der Waals surface area contributed by atoms with Crippen molar-refractivity contribution in [2.75, 3.05) is 20.1 Å². The average molecular weight is 608 g/mol. The number of benzene rings is 3. The molecule has 0 N–H and O–H groups in total. The first-order chi connectivity index (χ1) is 18.8. The Morgan fingerprint density at radius 3 is 2.25 bits per heavy atom. The Balaban J connectivity index is 1.40. The topological polar surface area (TPSA) is 66.9 Å². The predicted octanol–water partition coefficient (Wildman–Crippen LogP) is 7.28. The van der Waals surface area contributed by atoms with Crippen LogP contribution in [-0.4, -0.2) is 43.7 Å². The third-order valence-corrected chi connectivity index (χ3v) is 9.74. The second kappa shape index (κ2) is 12.1. The van der Waals surface area contributed by atoms with Crippen LogP contribution in [0.3, 0.4) is 0 Å². The van der Waals surface area contributed by atoms with Crippen molar-refractivity contribution in [1.82, 2.24) is 9.21 Å². The Kier molecular flexibility index (Phi) is 9.15. The van der Waals surface area contributed by atoms with E-state index in [0.29, 0.717) is 39.9 Å². The highest BCUT2D eigenvalue weighted by molar-refractivity contribution is 7.89. The molecule has 0 saturated carbocycles. The number of sulfonamides is 1. The van der Waals surface area contributed by atoms with Crippen LogP contribution in [0.25, 0.3) is 0 Å². The number of amides is 1. The molecule has 1 aliphatic heterocycles. The lowest BCUT2D eigenvalue weighted by atomic mass is 9.87. The highest BCUT2D eigenvalue weighted by Crippen LogP contribution is 2.33. The molecule has 4 rings (SSSR count). The van der Waals surface area contributed by atoms with Crippen LogP contribution in [0.5, 0.6) is 11.5 Å². The van der Waals surface area contributed by atoms with Crippen LogP contribution in [0, 0.1) is 11.7 Å². The van der Waals surface area contributed by atoms with Gasteiger partial charge in [0.05, 0.1) is 14.9 Å². The first kappa shape index (κ1) is 30.3. The summed E-state index contributed by atoms with van der Waals surface area (Å²) in [6, 6.07) is 15.9. The Morgan fingerprint density at radius 1 is 1.00 bits per heavy atom. The monoisotopic (exact) mass is 606 g/mol. The third-order valence-electron chi connectivity index (χ3n) is 7.09. The molecule has 0 atom stereocenters. The standard InChI is InChI=1S/C30H33Cl2FN2O4S/c1-30(2,3)22-5-9-25(10-6-22)40(37,38)35-15-13-20(14-16-35)29(36)34(4)19-21-17-23(33)7-12-28(21)39-24-8-11-26(31)27(32)18-24/h5-12,17-18,20H,13-16,19H2,1-4H3. The SMILES string of the molecule is CN(Cc1cc(F)ccc1Oc1ccc(Cl)c(Cl)c1)C(=O)C1CCN(S(=O)(=O)c2ccc(C(C)(C)C)cc2)CC1. The molecule has 0 aliphatic carbocycles. The third kappa shape index (κ3) is 6.97. The van der Waals surface area contributed by atoms with Crippen LogP contribution in [0.1, 0.15) is 44.7 Å². The van der Waals surface area contributed by atoms with E-state index >= 15 is 0 Å². The number of hydrogen-bond acceptors (Lipinski definition) is 4. The molecule has 3 aromatic carbocycles. The summed E-state index contributed by atoms with van der Waals surface area (Å²) in [5.74, 6) is -0.105. The van der Waals surface area contributed by atoms with E-state index in [1.807, 2.05) is 12.1 Å².